The van der Waals surface area contributed by atoms with E-state index in [1.54, 1.807) is 43.0 Å². The maximum atomic E-state index is 13.7. The highest BCUT2D eigenvalue weighted by Gasteiger charge is 2.43. The Morgan fingerprint density at radius 3 is 2.62 bits per heavy atom. The molecule has 3 rings (SSSR count). The number of amides is 2. The number of carbonyl (C=O) groups is 2. The number of likely N-dealkylation sites (tertiary alicyclic amines) is 1. The number of rotatable bonds is 9. The number of hydrogen-bond donors (Lipinski definition) is 3. The quantitative estimate of drug-likeness (QED) is 0.257. The van der Waals surface area contributed by atoms with E-state index < -0.39 is 43.2 Å². The summed E-state index contributed by atoms with van der Waals surface area (Å²) in [5, 5.41) is 31.3. The van der Waals surface area contributed by atoms with E-state index in [1.165, 1.54) is 11.0 Å². The maximum Gasteiger partial charge on any atom is 0.453 e. The van der Waals surface area contributed by atoms with Gasteiger partial charge in [-0.3, -0.25) is 14.5 Å². The Bertz CT molecular complexity index is 1030. The van der Waals surface area contributed by atoms with Crippen LogP contribution in [0, 0.1) is 11.3 Å². The molecule has 0 bridgehead atoms. The first-order valence-electron chi connectivity index (χ1n) is 12.3. The van der Waals surface area contributed by atoms with Gasteiger partial charge in [-0.25, -0.2) is 8.78 Å². The highest BCUT2D eigenvalue weighted by molar-refractivity contribution is 6.41. The molecule has 3 N–H and O–H groups in total. The van der Waals surface area contributed by atoms with Crippen LogP contribution in [0.1, 0.15) is 38.3 Å². The molecule has 1 aromatic rings. The SMILES string of the molecule is CC(C)(C=C(C#N)C(=O)N1CCO[C@@H](CC(=O)N[C@H](CB(O)O)c2ccccc2)C1)N1CCC(F)(F)C1. The summed E-state index contributed by atoms with van der Waals surface area (Å²) >= 11 is 0. The van der Waals surface area contributed by atoms with Gasteiger partial charge in [0.15, 0.2) is 0 Å². The molecule has 2 atom stereocenters. The molecular formula is C25H33BF2N4O5. The van der Waals surface area contributed by atoms with Crippen molar-refractivity contribution < 1.29 is 33.2 Å². The maximum absolute atomic E-state index is 13.7. The minimum atomic E-state index is -2.80. The molecule has 2 saturated heterocycles. The Morgan fingerprint density at radius 2 is 2.03 bits per heavy atom. The van der Waals surface area contributed by atoms with Gasteiger partial charge in [0.05, 0.1) is 31.7 Å². The fraction of sp³-hybridized carbons (Fsp3) is 0.560. The van der Waals surface area contributed by atoms with E-state index in [-0.39, 0.29) is 56.9 Å². The van der Waals surface area contributed by atoms with Crippen LogP contribution in [-0.4, -0.2) is 89.1 Å². The van der Waals surface area contributed by atoms with E-state index in [0.29, 0.717) is 5.56 Å². The van der Waals surface area contributed by atoms with Crippen molar-refractivity contribution >= 4 is 18.9 Å². The Balaban J connectivity index is 1.62. The topological polar surface area (TPSA) is 126 Å². The normalized spacial score (nSPS) is 21.3. The molecule has 0 saturated carbocycles. The summed E-state index contributed by atoms with van der Waals surface area (Å²) in [6.07, 6.45) is 0.363. The first-order chi connectivity index (χ1) is 17.4. The van der Waals surface area contributed by atoms with Crippen LogP contribution in [0.2, 0.25) is 6.32 Å². The lowest BCUT2D eigenvalue weighted by Gasteiger charge is -2.35. The molecule has 200 valence electrons. The molecule has 2 aliphatic rings. The molecule has 37 heavy (non-hydrogen) atoms. The molecule has 2 aliphatic heterocycles. The summed E-state index contributed by atoms with van der Waals surface area (Å²) in [5.41, 5.74) is -0.352. The third-order valence-corrected chi connectivity index (χ3v) is 6.66. The van der Waals surface area contributed by atoms with Crippen LogP contribution in [-0.2, 0) is 14.3 Å². The van der Waals surface area contributed by atoms with Crippen LogP contribution in [0.25, 0.3) is 0 Å². The molecule has 0 unspecified atom stereocenters. The van der Waals surface area contributed by atoms with Gasteiger partial charge in [0.1, 0.15) is 11.6 Å². The number of benzene rings is 1. The Hall–Kier alpha value is -2.85. The monoisotopic (exact) mass is 518 g/mol. The number of hydrogen-bond acceptors (Lipinski definition) is 7. The lowest BCUT2D eigenvalue weighted by atomic mass is 9.79. The molecule has 0 aliphatic carbocycles. The number of halogens is 2. The molecule has 2 heterocycles. The number of ether oxygens (including phenoxy) is 1. The second kappa shape index (κ2) is 12.1. The predicted octanol–water partition coefficient (Wildman–Crippen LogP) is 1.50. The molecule has 9 nitrogen and oxygen atoms in total. The number of nitrogens with zero attached hydrogens (tertiary/aromatic N) is 3. The highest BCUT2D eigenvalue weighted by atomic mass is 19.3. The zero-order valence-corrected chi connectivity index (χ0v) is 21.1. The summed E-state index contributed by atoms with van der Waals surface area (Å²) < 4.78 is 33.1. The zero-order chi connectivity index (χ0) is 27.2. The number of nitriles is 1. The fourth-order valence-electron chi connectivity index (χ4n) is 4.65. The van der Waals surface area contributed by atoms with Gasteiger partial charge in [0.2, 0.25) is 5.91 Å². The average molecular weight is 518 g/mol. The number of morpholine rings is 1. The standard InChI is InChI=1S/C25H33BF2N4O5/c1-24(2,32-9-8-25(27,28)17-32)13-19(15-29)23(34)31-10-11-37-20(16-31)12-22(33)30-21(14-26(35)36)18-6-4-3-5-7-18/h3-7,13,20-21,35-36H,8-12,14,16-17H2,1-2H3,(H,30,33)/t20-,21+/m0/s1. The number of carbonyl (C=O) groups excluding carboxylic acids is 2. The number of alkyl halides is 2. The molecule has 1 aromatic carbocycles. The lowest BCUT2D eigenvalue weighted by Crippen LogP contribution is -2.48. The Kier molecular flexibility index (Phi) is 9.42. The molecule has 0 spiro atoms. The summed E-state index contributed by atoms with van der Waals surface area (Å²) in [4.78, 5) is 28.8. The smallest absolute Gasteiger partial charge is 0.427 e. The van der Waals surface area contributed by atoms with Crippen molar-refractivity contribution in [3.63, 3.8) is 0 Å². The van der Waals surface area contributed by atoms with Gasteiger partial charge >= 0.3 is 7.12 Å². The largest absolute Gasteiger partial charge is 0.453 e. The van der Waals surface area contributed by atoms with E-state index in [1.807, 2.05) is 12.1 Å². The van der Waals surface area contributed by atoms with Crippen LogP contribution >= 0.6 is 0 Å². The van der Waals surface area contributed by atoms with Crippen LogP contribution in [0.3, 0.4) is 0 Å². The van der Waals surface area contributed by atoms with E-state index >= 15 is 0 Å². The molecule has 0 aromatic heterocycles. The Labute approximate surface area is 215 Å². The first-order valence-corrected chi connectivity index (χ1v) is 12.3. The summed E-state index contributed by atoms with van der Waals surface area (Å²) in [6.45, 7) is 3.58. The lowest BCUT2D eigenvalue weighted by molar-refractivity contribution is -0.138. The van der Waals surface area contributed by atoms with Crippen molar-refractivity contribution in [3.8, 4) is 6.07 Å². The van der Waals surface area contributed by atoms with E-state index in [4.69, 9.17) is 4.74 Å². The molecule has 12 heteroatoms. The fourth-order valence-corrected chi connectivity index (χ4v) is 4.65. The zero-order valence-electron chi connectivity index (χ0n) is 21.1. The van der Waals surface area contributed by atoms with Crippen LogP contribution in [0.5, 0.6) is 0 Å². The van der Waals surface area contributed by atoms with Gasteiger partial charge in [0.25, 0.3) is 11.8 Å². The van der Waals surface area contributed by atoms with E-state index in [2.05, 4.69) is 5.32 Å². The van der Waals surface area contributed by atoms with Crippen LogP contribution in [0.15, 0.2) is 42.0 Å². The summed E-state index contributed by atoms with van der Waals surface area (Å²) in [6, 6.07) is 10.2. The third kappa shape index (κ3) is 8.07. The predicted molar refractivity (Wildman–Crippen MR) is 132 cm³/mol. The summed E-state index contributed by atoms with van der Waals surface area (Å²) in [7, 11) is -1.61. The minimum absolute atomic E-state index is 0.0748. The molecular weight excluding hydrogens is 485 g/mol. The summed E-state index contributed by atoms with van der Waals surface area (Å²) in [5.74, 6) is -3.73. The number of nitrogens with one attached hydrogen (secondary N) is 1. The van der Waals surface area contributed by atoms with Crippen LogP contribution in [0.4, 0.5) is 8.78 Å². The first kappa shape index (κ1) is 28.7. The van der Waals surface area contributed by atoms with Crippen molar-refractivity contribution in [2.45, 2.75) is 56.6 Å². The van der Waals surface area contributed by atoms with Crippen molar-refractivity contribution in [1.82, 2.24) is 15.1 Å². The van der Waals surface area contributed by atoms with Crippen LogP contribution < -0.4 is 5.32 Å². The van der Waals surface area contributed by atoms with E-state index in [0.717, 1.165) is 0 Å². The Morgan fingerprint density at radius 1 is 1.32 bits per heavy atom. The molecule has 2 amide bonds. The van der Waals surface area contributed by atoms with E-state index in [9.17, 15) is 33.7 Å². The van der Waals surface area contributed by atoms with Gasteiger partial charge in [-0.15, -0.1) is 0 Å². The minimum Gasteiger partial charge on any atom is -0.427 e. The van der Waals surface area contributed by atoms with Crippen molar-refractivity contribution in [3.05, 3.63) is 47.5 Å². The van der Waals surface area contributed by atoms with Crippen molar-refractivity contribution in [2.24, 2.45) is 0 Å². The van der Waals surface area contributed by atoms with Crippen molar-refractivity contribution in [1.29, 1.82) is 5.26 Å². The second-order valence-corrected chi connectivity index (χ2v) is 10.0. The van der Waals surface area contributed by atoms with Gasteiger partial charge in [-0.2, -0.15) is 5.26 Å². The third-order valence-electron chi connectivity index (χ3n) is 6.66. The van der Waals surface area contributed by atoms with Gasteiger partial charge in [-0.05, 0) is 25.5 Å². The van der Waals surface area contributed by atoms with Crippen molar-refractivity contribution in [2.75, 3.05) is 32.8 Å². The second-order valence-electron chi connectivity index (χ2n) is 10.0. The highest BCUT2D eigenvalue weighted by Crippen LogP contribution is 2.33. The van der Waals surface area contributed by atoms with Gasteiger partial charge in [-0.1, -0.05) is 30.3 Å². The molecule has 2 fully saturated rings. The van der Waals surface area contributed by atoms with Gasteiger partial charge in [0, 0.05) is 37.9 Å². The average Bonchev–Trinajstić information content (AvgIpc) is 3.22. The molecule has 0 radical (unpaired) electrons. The van der Waals surface area contributed by atoms with Gasteiger partial charge < -0.3 is 25.0 Å².